The Hall–Kier alpha value is -1.56. The van der Waals surface area contributed by atoms with Gasteiger partial charge < -0.3 is 10.6 Å². The van der Waals surface area contributed by atoms with Crippen LogP contribution in [0.4, 0.5) is 4.79 Å². The highest BCUT2D eigenvalue weighted by Crippen LogP contribution is 2.25. The molecule has 3 N–H and O–H groups in total. The summed E-state index contributed by atoms with van der Waals surface area (Å²) < 4.78 is 0. The molecule has 1 atom stereocenters. The van der Waals surface area contributed by atoms with Gasteiger partial charge >= 0.3 is 6.03 Å². The number of hydrogen-bond donors (Lipinski definition) is 3. The normalized spacial score (nSPS) is 11.6. The van der Waals surface area contributed by atoms with Crippen LogP contribution >= 0.6 is 23.2 Å². The Bertz CT molecular complexity index is 535. The molecule has 114 valence electrons. The first-order valence-electron chi connectivity index (χ1n) is 6.31. The van der Waals surface area contributed by atoms with E-state index in [1.807, 2.05) is 6.92 Å². The van der Waals surface area contributed by atoms with Gasteiger partial charge in [-0.25, -0.2) is 4.79 Å². The topological polar surface area (TPSA) is 70.2 Å². The Morgan fingerprint density at radius 2 is 2.10 bits per heavy atom. The van der Waals surface area contributed by atoms with Crippen LogP contribution in [-0.2, 0) is 4.79 Å². The lowest BCUT2D eigenvalue weighted by molar-refractivity contribution is -0.119. The molecule has 0 spiro atoms. The number of imide groups is 1. The molecule has 0 radical (unpaired) electrons. The average molecular weight is 330 g/mol. The zero-order valence-electron chi connectivity index (χ0n) is 11.6. The summed E-state index contributed by atoms with van der Waals surface area (Å²) in [6, 6.07) is 4.44. The fraction of sp³-hybridized carbons (Fsp3) is 0.286. The van der Waals surface area contributed by atoms with E-state index in [1.54, 1.807) is 18.2 Å². The van der Waals surface area contributed by atoms with Crippen molar-refractivity contribution in [2.75, 3.05) is 13.1 Å². The molecule has 21 heavy (non-hydrogen) atoms. The van der Waals surface area contributed by atoms with E-state index in [4.69, 9.17) is 23.2 Å². The fourth-order valence-electron chi connectivity index (χ4n) is 1.59. The van der Waals surface area contributed by atoms with E-state index in [-0.39, 0.29) is 12.6 Å². The molecular weight excluding hydrogens is 313 g/mol. The van der Waals surface area contributed by atoms with Crippen LogP contribution in [-0.4, -0.2) is 25.0 Å². The second kappa shape index (κ2) is 8.67. The van der Waals surface area contributed by atoms with E-state index in [1.165, 1.54) is 6.08 Å². The van der Waals surface area contributed by atoms with Gasteiger partial charge in [0.05, 0.1) is 6.54 Å². The molecule has 0 aliphatic rings. The second-order valence-corrected chi connectivity index (χ2v) is 5.16. The molecule has 0 unspecified atom stereocenters. The minimum atomic E-state index is -0.557. The summed E-state index contributed by atoms with van der Waals surface area (Å²) in [6.07, 6.45) is 1.52. The van der Waals surface area contributed by atoms with Gasteiger partial charge in [-0.05, 0) is 24.6 Å². The van der Waals surface area contributed by atoms with Crippen LogP contribution in [0.5, 0.6) is 0 Å². The van der Waals surface area contributed by atoms with Crippen LogP contribution in [0.3, 0.4) is 0 Å². The summed E-state index contributed by atoms with van der Waals surface area (Å²) >= 11 is 11.9. The lowest BCUT2D eigenvalue weighted by Gasteiger charge is -2.15. The summed E-state index contributed by atoms with van der Waals surface area (Å²) in [5.74, 6) is -0.437. The SMILES string of the molecule is C=CCNC(=O)NC(=O)CN[C@H](C)c1ccc(Cl)cc1Cl. The highest BCUT2D eigenvalue weighted by molar-refractivity contribution is 6.35. The van der Waals surface area contributed by atoms with Crippen molar-refractivity contribution in [2.45, 2.75) is 13.0 Å². The van der Waals surface area contributed by atoms with Gasteiger partial charge in [0, 0.05) is 22.6 Å². The lowest BCUT2D eigenvalue weighted by Crippen LogP contribution is -2.43. The van der Waals surface area contributed by atoms with E-state index in [9.17, 15) is 9.59 Å². The number of halogens is 2. The number of rotatable bonds is 6. The average Bonchev–Trinajstić information content (AvgIpc) is 2.42. The quantitative estimate of drug-likeness (QED) is 0.702. The van der Waals surface area contributed by atoms with E-state index < -0.39 is 11.9 Å². The molecule has 3 amide bonds. The van der Waals surface area contributed by atoms with E-state index >= 15 is 0 Å². The Morgan fingerprint density at radius 3 is 2.71 bits per heavy atom. The molecule has 0 fully saturated rings. The van der Waals surface area contributed by atoms with Crippen LogP contribution in [0.1, 0.15) is 18.5 Å². The minimum absolute atomic E-state index is 0.0123. The number of amides is 3. The number of carbonyl (C=O) groups excluding carboxylic acids is 2. The number of urea groups is 1. The third-order valence-corrected chi connectivity index (χ3v) is 3.22. The summed E-state index contributed by atoms with van der Waals surface area (Å²) in [6.45, 7) is 5.60. The molecule has 1 rings (SSSR count). The standard InChI is InChI=1S/C14H17Cl2N3O2/c1-3-6-17-14(21)19-13(20)8-18-9(2)11-5-4-10(15)7-12(11)16/h3-5,7,9,18H,1,6,8H2,2H3,(H2,17,19,20,21)/t9-/m1/s1. The van der Waals surface area contributed by atoms with Crippen LogP contribution < -0.4 is 16.0 Å². The third kappa shape index (κ3) is 6.16. The van der Waals surface area contributed by atoms with Crippen molar-refractivity contribution in [3.63, 3.8) is 0 Å². The number of carbonyl (C=O) groups is 2. The summed E-state index contributed by atoms with van der Waals surface area (Å²) in [4.78, 5) is 22.8. The Labute approximate surface area is 133 Å². The molecule has 1 aromatic rings. The van der Waals surface area contributed by atoms with Crippen LogP contribution in [0, 0.1) is 0 Å². The second-order valence-electron chi connectivity index (χ2n) is 4.32. The molecular formula is C14H17Cl2N3O2. The van der Waals surface area contributed by atoms with Crippen molar-refractivity contribution in [3.8, 4) is 0 Å². The molecule has 0 bridgehead atoms. The Morgan fingerprint density at radius 1 is 1.38 bits per heavy atom. The van der Waals surface area contributed by atoms with Crippen molar-refractivity contribution in [1.82, 2.24) is 16.0 Å². The maximum absolute atomic E-state index is 11.6. The van der Waals surface area contributed by atoms with Gasteiger partial charge in [0.1, 0.15) is 0 Å². The van der Waals surface area contributed by atoms with Crippen molar-refractivity contribution in [1.29, 1.82) is 0 Å². The van der Waals surface area contributed by atoms with Crippen LogP contribution in [0.15, 0.2) is 30.9 Å². The Balaban J connectivity index is 2.45. The molecule has 0 aliphatic heterocycles. The van der Waals surface area contributed by atoms with Gasteiger partial charge in [-0.15, -0.1) is 6.58 Å². The molecule has 7 heteroatoms. The van der Waals surface area contributed by atoms with Gasteiger partial charge in [-0.3, -0.25) is 10.1 Å². The summed E-state index contributed by atoms with van der Waals surface area (Å²) in [7, 11) is 0. The fourth-order valence-corrected chi connectivity index (χ4v) is 2.16. The van der Waals surface area contributed by atoms with Gasteiger partial charge in [0.15, 0.2) is 0 Å². The van der Waals surface area contributed by atoms with Gasteiger partial charge in [-0.1, -0.05) is 35.3 Å². The predicted molar refractivity (Wildman–Crippen MR) is 84.6 cm³/mol. The van der Waals surface area contributed by atoms with Crippen molar-refractivity contribution in [3.05, 3.63) is 46.5 Å². The van der Waals surface area contributed by atoms with Crippen molar-refractivity contribution >= 4 is 35.1 Å². The first-order valence-corrected chi connectivity index (χ1v) is 7.06. The summed E-state index contributed by atoms with van der Waals surface area (Å²) in [5, 5.41) is 8.69. The van der Waals surface area contributed by atoms with Crippen molar-refractivity contribution in [2.24, 2.45) is 0 Å². The van der Waals surface area contributed by atoms with E-state index in [0.29, 0.717) is 16.6 Å². The zero-order valence-corrected chi connectivity index (χ0v) is 13.1. The number of nitrogens with one attached hydrogen (secondary N) is 3. The minimum Gasteiger partial charge on any atom is -0.334 e. The van der Waals surface area contributed by atoms with Gasteiger partial charge in [0.2, 0.25) is 5.91 Å². The highest BCUT2D eigenvalue weighted by atomic mass is 35.5. The van der Waals surface area contributed by atoms with Gasteiger partial charge in [0.25, 0.3) is 0 Å². The van der Waals surface area contributed by atoms with Gasteiger partial charge in [-0.2, -0.15) is 0 Å². The molecule has 1 aromatic carbocycles. The number of benzene rings is 1. The van der Waals surface area contributed by atoms with Crippen molar-refractivity contribution < 1.29 is 9.59 Å². The first kappa shape index (κ1) is 17.5. The maximum atomic E-state index is 11.6. The first-order chi connectivity index (χ1) is 9.93. The highest BCUT2D eigenvalue weighted by Gasteiger charge is 2.12. The molecule has 0 heterocycles. The third-order valence-electron chi connectivity index (χ3n) is 2.66. The molecule has 0 aliphatic carbocycles. The molecule has 0 saturated heterocycles. The predicted octanol–water partition coefficient (Wildman–Crippen LogP) is 2.66. The van der Waals surface area contributed by atoms with Crippen LogP contribution in [0.2, 0.25) is 10.0 Å². The molecule has 5 nitrogen and oxygen atoms in total. The molecule has 0 saturated carbocycles. The Kier molecular flexibility index (Phi) is 7.22. The smallest absolute Gasteiger partial charge is 0.321 e. The van der Waals surface area contributed by atoms with E-state index in [0.717, 1.165) is 5.56 Å². The maximum Gasteiger partial charge on any atom is 0.321 e. The lowest BCUT2D eigenvalue weighted by atomic mass is 10.1. The number of hydrogen-bond acceptors (Lipinski definition) is 3. The monoisotopic (exact) mass is 329 g/mol. The largest absolute Gasteiger partial charge is 0.334 e. The van der Waals surface area contributed by atoms with E-state index in [2.05, 4.69) is 22.5 Å². The summed E-state index contributed by atoms with van der Waals surface area (Å²) in [5.41, 5.74) is 0.824. The molecule has 0 aromatic heterocycles. The zero-order chi connectivity index (χ0) is 15.8. The van der Waals surface area contributed by atoms with Crippen LogP contribution in [0.25, 0.3) is 0 Å².